The number of rotatable bonds is 3. The molecule has 0 aliphatic heterocycles. The molecule has 2 N–H and O–H groups in total. The van der Waals surface area contributed by atoms with E-state index in [1.807, 2.05) is 11.4 Å². The van der Waals surface area contributed by atoms with Gasteiger partial charge in [0.25, 0.3) is 0 Å². The van der Waals surface area contributed by atoms with E-state index >= 15 is 0 Å². The Morgan fingerprint density at radius 3 is 3.00 bits per heavy atom. The van der Waals surface area contributed by atoms with Crippen molar-refractivity contribution in [2.45, 2.75) is 12.5 Å². The first-order valence-electron chi connectivity index (χ1n) is 3.70. The molecule has 3 nitrogen and oxygen atoms in total. The summed E-state index contributed by atoms with van der Waals surface area (Å²) in [6, 6.07) is 1.45. The molecule has 0 fully saturated rings. The third-order valence-corrected chi connectivity index (χ3v) is 2.86. The lowest BCUT2D eigenvalue weighted by atomic mass is 10.1. The quantitative estimate of drug-likeness (QED) is 0.791. The smallest absolute Gasteiger partial charge is 0.307 e. The van der Waals surface area contributed by atoms with Crippen LogP contribution in [-0.2, 0) is 9.53 Å². The van der Waals surface area contributed by atoms with E-state index < -0.39 is 0 Å². The van der Waals surface area contributed by atoms with Crippen molar-refractivity contribution in [1.29, 1.82) is 0 Å². The summed E-state index contributed by atoms with van der Waals surface area (Å²) < 4.78 is 5.14. The molecule has 1 unspecified atom stereocenters. The molecule has 1 aromatic rings. The van der Waals surface area contributed by atoms with Crippen LogP contribution in [0.4, 0.5) is 0 Å². The predicted molar refractivity (Wildman–Crippen MR) is 52.9 cm³/mol. The van der Waals surface area contributed by atoms with Crippen LogP contribution in [0.2, 0.25) is 4.34 Å². The Hall–Kier alpha value is -0.580. The predicted octanol–water partition coefficient (Wildman–Crippen LogP) is 1.96. The van der Waals surface area contributed by atoms with Gasteiger partial charge in [-0.15, -0.1) is 11.3 Å². The summed E-state index contributed by atoms with van der Waals surface area (Å²) >= 11 is 7.25. The molecule has 0 aliphatic rings. The molecule has 1 aromatic heterocycles. The Morgan fingerprint density at radius 1 is 1.85 bits per heavy atom. The number of ether oxygens (including phenoxy) is 1. The maximum Gasteiger partial charge on any atom is 0.307 e. The Balaban J connectivity index is 2.63. The molecule has 1 rings (SSSR count). The summed E-state index contributed by atoms with van der Waals surface area (Å²) in [7, 11) is 1.34. The molecular formula is C8H10ClNO2S. The van der Waals surface area contributed by atoms with Gasteiger partial charge in [-0.25, -0.2) is 0 Å². The Morgan fingerprint density at radius 2 is 2.54 bits per heavy atom. The third-order valence-electron chi connectivity index (χ3n) is 1.66. The summed E-state index contributed by atoms with van der Waals surface area (Å²) in [4.78, 5) is 10.9. The van der Waals surface area contributed by atoms with Crippen LogP contribution < -0.4 is 5.73 Å². The molecule has 0 saturated heterocycles. The molecule has 1 atom stereocenters. The van der Waals surface area contributed by atoms with Crippen molar-refractivity contribution in [2.75, 3.05) is 7.11 Å². The second kappa shape index (κ2) is 4.60. The third kappa shape index (κ3) is 2.69. The monoisotopic (exact) mass is 219 g/mol. The van der Waals surface area contributed by atoms with E-state index in [1.165, 1.54) is 18.4 Å². The standard InChI is InChI=1S/C8H10ClNO2S/c1-12-7(11)4-6(10)5-2-3-13-8(5)9/h2-3,6H,4,10H2,1H3. The largest absolute Gasteiger partial charge is 0.469 e. The summed E-state index contributed by atoms with van der Waals surface area (Å²) in [5.41, 5.74) is 6.54. The number of nitrogens with two attached hydrogens (primary N) is 1. The van der Waals surface area contributed by atoms with Crippen LogP contribution in [0.5, 0.6) is 0 Å². The van der Waals surface area contributed by atoms with Gasteiger partial charge in [0, 0.05) is 6.04 Å². The van der Waals surface area contributed by atoms with E-state index in [0.29, 0.717) is 4.34 Å². The van der Waals surface area contributed by atoms with Gasteiger partial charge in [-0.2, -0.15) is 0 Å². The van der Waals surface area contributed by atoms with Gasteiger partial charge in [0.15, 0.2) is 0 Å². The summed E-state index contributed by atoms with van der Waals surface area (Å²) in [6.45, 7) is 0. The fourth-order valence-corrected chi connectivity index (χ4v) is 1.99. The minimum atomic E-state index is -0.369. The highest BCUT2D eigenvalue weighted by atomic mass is 35.5. The number of hydrogen-bond acceptors (Lipinski definition) is 4. The topological polar surface area (TPSA) is 52.3 Å². The van der Waals surface area contributed by atoms with E-state index in [4.69, 9.17) is 17.3 Å². The second-order valence-corrected chi connectivity index (χ2v) is 4.05. The zero-order valence-electron chi connectivity index (χ0n) is 7.12. The molecule has 5 heteroatoms. The molecule has 0 amide bonds. The number of hydrogen-bond donors (Lipinski definition) is 1. The first kappa shape index (κ1) is 10.5. The van der Waals surface area contributed by atoms with Crippen LogP contribution in [0, 0.1) is 0 Å². The SMILES string of the molecule is COC(=O)CC(N)c1ccsc1Cl. The maximum atomic E-state index is 10.9. The Bertz CT molecular complexity index is 300. The summed E-state index contributed by atoms with van der Waals surface area (Å²) in [6.07, 6.45) is 0.160. The number of esters is 1. The Labute approximate surface area is 85.4 Å². The average Bonchev–Trinajstić information content (AvgIpc) is 2.51. The highest BCUT2D eigenvalue weighted by Gasteiger charge is 2.15. The number of halogens is 1. The zero-order valence-corrected chi connectivity index (χ0v) is 8.69. The van der Waals surface area contributed by atoms with Crippen molar-refractivity contribution in [3.05, 3.63) is 21.3 Å². The van der Waals surface area contributed by atoms with Crippen molar-refractivity contribution in [3.8, 4) is 0 Å². The van der Waals surface area contributed by atoms with Crippen molar-refractivity contribution < 1.29 is 9.53 Å². The zero-order chi connectivity index (χ0) is 9.84. The van der Waals surface area contributed by atoms with Gasteiger partial charge in [0.1, 0.15) is 0 Å². The minimum absolute atomic E-state index is 0.160. The Kier molecular flexibility index (Phi) is 3.71. The lowest BCUT2D eigenvalue weighted by molar-refractivity contribution is -0.141. The molecule has 1 heterocycles. The highest BCUT2D eigenvalue weighted by Crippen LogP contribution is 2.28. The summed E-state index contributed by atoms with van der Waals surface area (Å²) in [5.74, 6) is -0.324. The van der Waals surface area contributed by atoms with Crippen molar-refractivity contribution in [3.63, 3.8) is 0 Å². The fourth-order valence-electron chi connectivity index (χ4n) is 0.943. The molecule has 13 heavy (non-hydrogen) atoms. The van der Waals surface area contributed by atoms with Crippen molar-refractivity contribution in [1.82, 2.24) is 0 Å². The van der Waals surface area contributed by atoms with Gasteiger partial charge < -0.3 is 10.5 Å². The van der Waals surface area contributed by atoms with E-state index in [2.05, 4.69) is 4.74 Å². The van der Waals surface area contributed by atoms with E-state index in [1.54, 1.807) is 0 Å². The molecule has 0 aromatic carbocycles. The molecule has 0 aliphatic carbocycles. The molecule has 0 radical (unpaired) electrons. The first-order valence-corrected chi connectivity index (χ1v) is 4.96. The van der Waals surface area contributed by atoms with E-state index in [0.717, 1.165) is 5.56 Å². The maximum absolute atomic E-state index is 10.9. The molecule has 72 valence electrons. The normalized spacial score (nSPS) is 12.5. The van der Waals surface area contributed by atoms with Gasteiger partial charge in [0.05, 0.1) is 17.9 Å². The van der Waals surface area contributed by atoms with Gasteiger partial charge in [0.2, 0.25) is 0 Å². The first-order chi connectivity index (χ1) is 6.15. The van der Waals surface area contributed by atoms with Gasteiger partial charge in [-0.1, -0.05) is 11.6 Å². The van der Waals surface area contributed by atoms with Gasteiger partial charge in [-0.3, -0.25) is 4.79 Å². The van der Waals surface area contributed by atoms with E-state index in [9.17, 15) is 4.79 Å². The second-order valence-electron chi connectivity index (χ2n) is 2.54. The van der Waals surface area contributed by atoms with Crippen molar-refractivity contribution in [2.24, 2.45) is 5.73 Å². The number of carbonyl (C=O) groups excluding carboxylic acids is 1. The number of thiophene rings is 1. The average molecular weight is 220 g/mol. The number of carbonyl (C=O) groups is 1. The molecule has 0 saturated carbocycles. The van der Waals surface area contributed by atoms with E-state index in [-0.39, 0.29) is 18.4 Å². The van der Waals surface area contributed by atoms with Crippen LogP contribution in [0.25, 0.3) is 0 Å². The van der Waals surface area contributed by atoms with Crippen LogP contribution in [0.1, 0.15) is 18.0 Å². The van der Waals surface area contributed by atoms with Gasteiger partial charge in [-0.05, 0) is 17.0 Å². The molecule has 0 spiro atoms. The lowest BCUT2D eigenvalue weighted by Crippen LogP contribution is -2.15. The molecule has 0 bridgehead atoms. The van der Waals surface area contributed by atoms with Gasteiger partial charge >= 0.3 is 5.97 Å². The lowest BCUT2D eigenvalue weighted by Gasteiger charge is -2.08. The fraction of sp³-hybridized carbons (Fsp3) is 0.375. The highest BCUT2D eigenvalue weighted by molar-refractivity contribution is 7.14. The summed E-state index contributed by atoms with van der Waals surface area (Å²) in [5, 5.41) is 1.84. The molecular weight excluding hydrogens is 210 g/mol. The van der Waals surface area contributed by atoms with Crippen LogP contribution in [0.15, 0.2) is 11.4 Å². The van der Waals surface area contributed by atoms with Crippen LogP contribution >= 0.6 is 22.9 Å². The van der Waals surface area contributed by atoms with Crippen LogP contribution in [0.3, 0.4) is 0 Å². The number of methoxy groups -OCH3 is 1. The van der Waals surface area contributed by atoms with Crippen LogP contribution in [-0.4, -0.2) is 13.1 Å². The minimum Gasteiger partial charge on any atom is -0.469 e. The van der Waals surface area contributed by atoms with Crippen molar-refractivity contribution >= 4 is 28.9 Å².